The van der Waals surface area contributed by atoms with E-state index in [0.29, 0.717) is 10.1 Å². The Morgan fingerprint density at radius 3 is 2.84 bits per heavy atom. The lowest BCUT2D eigenvalue weighted by molar-refractivity contribution is -0.143. The molecule has 1 aromatic rings. The molecule has 2 rings (SSSR count). The highest BCUT2D eigenvalue weighted by Crippen LogP contribution is 2.18. The van der Waals surface area contributed by atoms with Crippen molar-refractivity contribution in [3.8, 4) is 0 Å². The summed E-state index contributed by atoms with van der Waals surface area (Å²) >= 11 is 6.29. The number of carbonyl (C=O) groups excluding carboxylic acids is 3. The average molecular weight is 382 g/mol. The standard InChI is InChI=1S/C16H15FN2O4S2/c17-12-4-2-1-3-11(12)5-6-15(22)23-9-13(20)18-7-8-19-14(21)10-25-16(19)24/h1-6H,7-10H2,(H,18,20)/b6-5+. The Hall–Kier alpha value is -2.26. The lowest BCUT2D eigenvalue weighted by Crippen LogP contribution is -2.38. The molecule has 25 heavy (non-hydrogen) atoms. The monoisotopic (exact) mass is 382 g/mol. The van der Waals surface area contributed by atoms with Crippen molar-refractivity contribution in [2.45, 2.75) is 0 Å². The van der Waals surface area contributed by atoms with E-state index in [1.54, 1.807) is 6.07 Å². The van der Waals surface area contributed by atoms with E-state index in [1.807, 2.05) is 0 Å². The lowest BCUT2D eigenvalue weighted by Gasteiger charge is -2.14. The fourth-order valence-electron chi connectivity index (χ4n) is 1.91. The summed E-state index contributed by atoms with van der Waals surface area (Å²) in [6.07, 6.45) is 2.32. The van der Waals surface area contributed by atoms with E-state index < -0.39 is 24.3 Å². The summed E-state index contributed by atoms with van der Waals surface area (Å²) in [4.78, 5) is 36.0. The number of thioether (sulfide) groups is 1. The summed E-state index contributed by atoms with van der Waals surface area (Å²) < 4.78 is 18.6. The molecule has 1 heterocycles. The molecule has 1 aliphatic rings. The summed E-state index contributed by atoms with van der Waals surface area (Å²) in [6.45, 7) is 0.0129. The zero-order chi connectivity index (χ0) is 18.2. The zero-order valence-electron chi connectivity index (χ0n) is 13.1. The van der Waals surface area contributed by atoms with Crippen LogP contribution in [0.25, 0.3) is 6.08 Å². The van der Waals surface area contributed by atoms with Crippen molar-refractivity contribution in [1.82, 2.24) is 10.2 Å². The van der Waals surface area contributed by atoms with Crippen molar-refractivity contribution >= 4 is 52.2 Å². The van der Waals surface area contributed by atoms with Gasteiger partial charge in [-0.05, 0) is 12.1 Å². The van der Waals surface area contributed by atoms with E-state index in [0.717, 1.165) is 6.08 Å². The zero-order valence-corrected chi connectivity index (χ0v) is 14.7. The number of nitrogens with zero attached hydrogens (tertiary/aromatic N) is 1. The molecule has 132 valence electrons. The minimum Gasteiger partial charge on any atom is -0.452 e. The topological polar surface area (TPSA) is 75.7 Å². The van der Waals surface area contributed by atoms with Gasteiger partial charge in [0.15, 0.2) is 6.61 Å². The molecular weight excluding hydrogens is 367 g/mol. The molecule has 0 unspecified atom stereocenters. The molecular formula is C16H15FN2O4S2. The Balaban J connectivity index is 1.67. The number of nitrogens with one attached hydrogen (secondary N) is 1. The molecule has 9 heteroatoms. The van der Waals surface area contributed by atoms with Gasteiger partial charge in [0.2, 0.25) is 5.91 Å². The number of ether oxygens (including phenoxy) is 1. The second-order valence-electron chi connectivity index (χ2n) is 4.91. The molecule has 1 saturated heterocycles. The van der Waals surface area contributed by atoms with Crippen molar-refractivity contribution in [2.24, 2.45) is 0 Å². The van der Waals surface area contributed by atoms with Crippen molar-refractivity contribution in [3.05, 3.63) is 41.7 Å². The molecule has 0 aromatic heterocycles. The fourth-order valence-corrected chi connectivity index (χ4v) is 3.03. The number of benzene rings is 1. The lowest BCUT2D eigenvalue weighted by atomic mass is 10.2. The van der Waals surface area contributed by atoms with Crippen LogP contribution in [-0.2, 0) is 19.1 Å². The van der Waals surface area contributed by atoms with Crippen LogP contribution in [0.5, 0.6) is 0 Å². The van der Waals surface area contributed by atoms with Crippen LogP contribution in [0.2, 0.25) is 0 Å². The normalized spacial score (nSPS) is 14.2. The van der Waals surface area contributed by atoms with Gasteiger partial charge in [-0.25, -0.2) is 9.18 Å². The minimum absolute atomic E-state index is 0.0889. The van der Waals surface area contributed by atoms with Gasteiger partial charge in [-0.2, -0.15) is 0 Å². The van der Waals surface area contributed by atoms with Gasteiger partial charge in [0, 0.05) is 24.7 Å². The predicted octanol–water partition coefficient (Wildman–Crippen LogP) is 1.36. The maximum atomic E-state index is 13.4. The van der Waals surface area contributed by atoms with E-state index in [1.165, 1.54) is 40.9 Å². The third-order valence-corrected chi connectivity index (χ3v) is 4.58. The van der Waals surface area contributed by atoms with Crippen LogP contribution in [0.15, 0.2) is 30.3 Å². The van der Waals surface area contributed by atoms with Crippen LogP contribution in [0.4, 0.5) is 4.39 Å². The number of hydrogen-bond acceptors (Lipinski definition) is 6. The van der Waals surface area contributed by atoms with Crippen LogP contribution < -0.4 is 5.32 Å². The SMILES string of the molecule is O=C(COC(=O)/C=C/c1ccccc1F)NCCN1C(=O)CSC1=S. The second-order valence-corrected chi connectivity index (χ2v) is 6.52. The Labute approximate surface area is 153 Å². The summed E-state index contributed by atoms with van der Waals surface area (Å²) in [7, 11) is 0. The highest BCUT2D eigenvalue weighted by Gasteiger charge is 2.25. The van der Waals surface area contributed by atoms with E-state index >= 15 is 0 Å². The Morgan fingerprint density at radius 1 is 1.40 bits per heavy atom. The summed E-state index contributed by atoms with van der Waals surface area (Å²) in [6, 6.07) is 5.95. The van der Waals surface area contributed by atoms with Gasteiger partial charge in [-0.15, -0.1) is 0 Å². The van der Waals surface area contributed by atoms with E-state index in [-0.39, 0.29) is 24.6 Å². The van der Waals surface area contributed by atoms with Crippen LogP contribution in [0, 0.1) is 5.82 Å². The average Bonchev–Trinajstić information content (AvgIpc) is 2.91. The highest BCUT2D eigenvalue weighted by atomic mass is 32.2. The van der Waals surface area contributed by atoms with Gasteiger partial charge in [0.25, 0.3) is 5.91 Å². The summed E-state index contributed by atoms with van der Waals surface area (Å²) in [5, 5.41) is 2.53. The molecule has 0 saturated carbocycles. The van der Waals surface area contributed by atoms with Crippen LogP contribution in [0.1, 0.15) is 5.56 Å². The molecule has 1 aromatic carbocycles. The summed E-state index contributed by atoms with van der Waals surface area (Å²) in [5.41, 5.74) is 0.244. The maximum absolute atomic E-state index is 13.4. The predicted molar refractivity (Wildman–Crippen MR) is 96.2 cm³/mol. The number of carbonyl (C=O) groups is 3. The van der Waals surface area contributed by atoms with Gasteiger partial charge in [-0.1, -0.05) is 42.2 Å². The van der Waals surface area contributed by atoms with E-state index in [9.17, 15) is 18.8 Å². The second kappa shape index (κ2) is 9.28. The van der Waals surface area contributed by atoms with Gasteiger partial charge in [0.1, 0.15) is 10.1 Å². The van der Waals surface area contributed by atoms with Crippen LogP contribution in [-0.4, -0.2) is 52.5 Å². The quantitative estimate of drug-likeness (QED) is 0.436. The smallest absolute Gasteiger partial charge is 0.331 e. The maximum Gasteiger partial charge on any atom is 0.331 e. The molecule has 0 radical (unpaired) electrons. The molecule has 0 bridgehead atoms. The molecule has 1 fully saturated rings. The van der Waals surface area contributed by atoms with Crippen molar-refractivity contribution in [1.29, 1.82) is 0 Å². The number of hydrogen-bond donors (Lipinski definition) is 1. The molecule has 0 aliphatic carbocycles. The van der Waals surface area contributed by atoms with E-state index in [2.05, 4.69) is 5.32 Å². The Bertz CT molecular complexity index is 708. The number of esters is 1. The first-order chi connectivity index (χ1) is 12.0. The largest absolute Gasteiger partial charge is 0.452 e. The number of rotatable bonds is 7. The third kappa shape index (κ3) is 5.95. The molecule has 0 spiro atoms. The minimum atomic E-state index is -0.759. The van der Waals surface area contributed by atoms with Gasteiger partial charge in [0.05, 0.1) is 5.75 Å². The molecule has 1 aliphatic heterocycles. The van der Waals surface area contributed by atoms with Crippen LogP contribution in [0.3, 0.4) is 0 Å². The highest BCUT2D eigenvalue weighted by molar-refractivity contribution is 8.23. The molecule has 6 nitrogen and oxygen atoms in total. The van der Waals surface area contributed by atoms with Gasteiger partial charge in [-0.3, -0.25) is 14.5 Å². The van der Waals surface area contributed by atoms with Crippen molar-refractivity contribution in [3.63, 3.8) is 0 Å². The number of thiocarbonyl (C=S) groups is 1. The first kappa shape index (κ1) is 19.1. The number of amides is 2. The number of halogens is 1. The van der Waals surface area contributed by atoms with Gasteiger partial charge >= 0.3 is 5.97 Å². The van der Waals surface area contributed by atoms with Crippen molar-refractivity contribution in [2.75, 3.05) is 25.4 Å². The Morgan fingerprint density at radius 2 is 2.16 bits per heavy atom. The van der Waals surface area contributed by atoms with Gasteiger partial charge < -0.3 is 10.1 Å². The first-order valence-electron chi connectivity index (χ1n) is 7.30. The third-order valence-electron chi connectivity index (χ3n) is 3.15. The van der Waals surface area contributed by atoms with Crippen molar-refractivity contribution < 1.29 is 23.5 Å². The molecule has 2 amide bonds. The molecule has 1 N–H and O–H groups in total. The summed E-state index contributed by atoms with van der Waals surface area (Å²) in [5.74, 6) is -1.49. The fraction of sp³-hybridized carbons (Fsp3) is 0.250. The van der Waals surface area contributed by atoms with E-state index in [4.69, 9.17) is 17.0 Å². The first-order valence-corrected chi connectivity index (χ1v) is 8.70. The Kier molecular flexibility index (Phi) is 7.08. The molecule has 0 atom stereocenters. The van der Waals surface area contributed by atoms with Crippen LogP contribution >= 0.6 is 24.0 Å².